The Bertz CT molecular complexity index is 266. The van der Waals surface area contributed by atoms with E-state index in [2.05, 4.69) is 61.0 Å². The number of hydrogen-bond acceptors (Lipinski definition) is 1. The van der Waals surface area contributed by atoms with Crippen LogP contribution in [0.5, 0.6) is 0 Å². The number of ether oxygens (including phenoxy) is 1. The first-order valence-corrected chi connectivity index (χ1v) is 5.77. The van der Waals surface area contributed by atoms with Crippen molar-refractivity contribution in [2.75, 3.05) is 0 Å². The zero-order chi connectivity index (χ0) is 10.6. The number of halogens is 1. The lowest BCUT2D eigenvalue weighted by Gasteiger charge is -2.15. The van der Waals surface area contributed by atoms with Gasteiger partial charge in [-0.05, 0) is 44.9 Å². The molecule has 0 aliphatic carbocycles. The van der Waals surface area contributed by atoms with Gasteiger partial charge in [-0.15, -0.1) is 0 Å². The van der Waals surface area contributed by atoms with Crippen molar-refractivity contribution < 1.29 is 4.74 Å². The molecule has 2 heteroatoms. The molecule has 0 radical (unpaired) electrons. The smallest absolute Gasteiger partial charge is 0.0590 e. The van der Waals surface area contributed by atoms with Crippen LogP contribution < -0.4 is 0 Å². The molecule has 1 aromatic carbocycles. The van der Waals surface area contributed by atoms with Crippen molar-refractivity contribution in [1.82, 2.24) is 0 Å². The van der Waals surface area contributed by atoms with E-state index < -0.39 is 0 Å². The second-order valence-electron chi connectivity index (χ2n) is 3.83. The van der Waals surface area contributed by atoms with E-state index in [4.69, 9.17) is 4.74 Å². The summed E-state index contributed by atoms with van der Waals surface area (Å²) < 4.78 is 6.80. The summed E-state index contributed by atoms with van der Waals surface area (Å²) in [6.07, 6.45) is 1.57. The Labute approximate surface area is 94.6 Å². The molecule has 1 rings (SSSR count). The van der Waals surface area contributed by atoms with E-state index in [-0.39, 0.29) is 6.10 Å². The fourth-order valence-electron chi connectivity index (χ4n) is 1.47. The fourth-order valence-corrected chi connectivity index (χ4v) is 1.73. The largest absolute Gasteiger partial charge is 0.376 e. The van der Waals surface area contributed by atoms with Gasteiger partial charge < -0.3 is 4.74 Å². The third-order valence-corrected chi connectivity index (χ3v) is 2.47. The molecular formula is C12H17BrO. The average Bonchev–Trinajstić information content (AvgIpc) is 2.07. The molecule has 1 aromatic rings. The lowest BCUT2D eigenvalue weighted by Crippen LogP contribution is -2.16. The van der Waals surface area contributed by atoms with Crippen molar-refractivity contribution in [2.24, 2.45) is 0 Å². The van der Waals surface area contributed by atoms with Gasteiger partial charge in [-0.3, -0.25) is 0 Å². The highest BCUT2D eigenvalue weighted by atomic mass is 79.9. The van der Waals surface area contributed by atoms with Gasteiger partial charge in [-0.25, -0.2) is 0 Å². The zero-order valence-electron chi connectivity index (χ0n) is 8.96. The second-order valence-corrected chi connectivity index (χ2v) is 4.74. The number of hydrogen-bond donors (Lipinski definition) is 0. The van der Waals surface area contributed by atoms with E-state index in [0.717, 1.165) is 10.9 Å². The first-order chi connectivity index (χ1) is 6.58. The van der Waals surface area contributed by atoms with Gasteiger partial charge in [-0.1, -0.05) is 28.1 Å². The van der Waals surface area contributed by atoms with Gasteiger partial charge in [0.25, 0.3) is 0 Å². The highest BCUT2D eigenvalue weighted by Gasteiger charge is 2.05. The Kier molecular flexibility index (Phi) is 4.63. The van der Waals surface area contributed by atoms with Crippen LogP contribution in [-0.4, -0.2) is 12.2 Å². The molecule has 14 heavy (non-hydrogen) atoms. The predicted octanol–water partition coefficient (Wildman–Crippen LogP) is 3.81. The molecule has 0 heterocycles. The summed E-state index contributed by atoms with van der Waals surface area (Å²) in [4.78, 5) is 0. The minimum Gasteiger partial charge on any atom is -0.376 e. The standard InChI is InChI=1S/C12H17BrO/c1-9(2)14-10(3)8-11-4-6-12(13)7-5-11/h4-7,9-10H,8H2,1-3H3. The molecule has 0 saturated heterocycles. The van der Waals surface area contributed by atoms with Crippen LogP contribution in [0.25, 0.3) is 0 Å². The maximum atomic E-state index is 5.67. The van der Waals surface area contributed by atoms with Crippen LogP contribution in [0.1, 0.15) is 26.3 Å². The van der Waals surface area contributed by atoms with Gasteiger partial charge in [0.2, 0.25) is 0 Å². The third kappa shape index (κ3) is 4.25. The molecule has 78 valence electrons. The molecule has 0 saturated carbocycles. The minimum absolute atomic E-state index is 0.288. The van der Waals surface area contributed by atoms with E-state index in [1.54, 1.807) is 0 Å². The first-order valence-electron chi connectivity index (χ1n) is 4.98. The molecule has 0 spiro atoms. The molecule has 0 amide bonds. The van der Waals surface area contributed by atoms with E-state index in [0.29, 0.717) is 6.10 Å². The van der Waals surface area contributed by atoms with Crippen LogP contribution >= 0.6 is 15.9 Å². The molecule has 0 bridgehead atoms. The normalized spacial score (nSPS) is 13.2. The Balaban J connectivity index is 2.47. The Morgan fingerprint density at radius 3 is 2.21 bits per heavy atom. The number of benzene rings is 1. The molecule has 0 aliphatic heterocycles. The van der Waals surface area contributed by atoms with Crippen LogP contribution in [0, 0.1) is 0 Å². The van der Waals surface area contributed by atoms with Gasteiger partial charge >= 0.3 is 0 Å². The van der Waals surface area contributed by atoms with Gasteiger partial charge in [0.1, 0.15) is 0 Å². The average molecular weight is 257 g/mol. The van der Waals surface area contributed by atoms with Gasteiger partial charge in [-0.2, -0.15) is 0 Å². The Morgan fingerprint density at radius 1 is 1.14 bits per heavy atom. The third-order valence-electron chi connectivity index (χ3n) is 1.94. The zero-order valence-corrected chi connectivity index (χ0v) is 10.5. The van der Waals surface area contributed by atoms with Crippen molar-refractivity contribution in [3.05, 3.63) is 34.3 Å². The van der Waals surface area contributed by atoms with Crippen molar-refractivity contribution >= 4 is 15.9 Å². The summed E-state index contributed by atoms with van der Waals surface area (Å²) in [7, 11) is 0. The van der Waals surface area contributed by atoms with E-state index >= 15 is 0 Å². The minimum atomic E-state index is 0.288. The van der Waals surface area contributed by atoms with E-state index in [1.807, 2.05) is 0 Å². The molecular weight excluding hydrogens is 240 g/mol. The summed E-state index contributed by atoms with van der Waals surface area (Å²) >= 11 is 3.42. The highest BCUT2D eigenvalue weighted by Crippen LogP contribution is 2.13. The van der Waals surface area contributed by atoms with Crippen LogP contribution in [0.2, 0.25) is 0 Å². The second kappa shape index (κ2) is 5.52. The van der Waals surface area contributed by atoms with Crippen LogP contribution in [0.15, 0.2) is 28.7 Å². The summed E-state index contributed by atoms with van der Waals surface area (Å²) in [5, 5.41) is 0. The number of rotatable bonds is 4. The van der Waals surface area contributed by atoms with Crippen molar-refractivity contribution in [3.63, 3.8) is 0 Å². The lowest BCUT2D eigenvalue weighted by molar-refractivity contribution is 0.0195. The summed E-state index contributed by atoms with van der Waals surface area (Å²) in [6, 6.07) is 8.39. The predicted molar refractivity (Wildman–Crippen MR) is 63.5 cm³/mol. The van der Waals surface area contributed by atoms with E-state index in [1.165, 1.54) is 5.56 Å². The molecule has 0 aromatic heterocycles. The molecule has 1 nitrogen and oxygen atoms in total. The summed E-state index contributed by atoms with van der Waals surface area (Å²) in [6.45, 7) is 6.25. The van der Waals surface area contributed by atoms with E-state index in [9.17, 15) is 0 Å². The SMILES string of the molecule is CC(C)OC(C)Cc1ccc(Br)cc1. The monoisotopic (exact) mass is 256 g/mol. The van der Waals surface area contributed by atoms with Crippen LogP contribution in [-0.2, 0) is 11.2 Å². The topological polar surface area (TPSA) is 9.23 Å². The first kappa shape index (κ1) is 11.7. The maximum absolute atomic E-state index is 5.67. The highest BCUT2D eigenvalue weighted by molar-refractivity contribution is 9.10. The quantitative estimate of drug-likeness (QED) is 0.797. The molecule has 1 unspecified atom stereocenters. The maximum Gasteiger partial charge on any atom is 0.0590 e. The molecule has 0 aliphatic rings. The lowest BCUT2D eigenvalue weighted by atomic mass is 10.1. The Hall–Kier alpha value is -0.340. The van der Waals surface area contributed by atoms with Gasteiger partial charge in [0, 0.05) is 4.47 Å². The van der Waals surface area contributed by atoms with Crippen LogP contribution in [0.4, 0.5) is 0 Å². The fraction of sp³-hybridized carbons (Fsp3) is 0.500. The van der Waals surface area contributed by atoms with Crippen LogP contribution in [0.3, 0.4) is 0 Å². The molecule has 0 N–H and O–H groups in total. The summed E-state index contributed by atoms with van der Waals surface area (Å²) in [5.41, 5.74) is 1.32. The van der Waals surface area contributed by atoms with Gasteiger partial charge in [0.05, 0.1) is 12.2 Å². The van der Waals surface area contributed by atoms with Crippen molar-refractivity contribution in [3.8, 4) is 0 Å². The van der Waals surface area contributed by atoms with Crippen molar-refractivity contribution in [1.29, 1.82) is 0 Å². The summed E-state index contributed by atoms with van der Waals surface area (Å²) in [5.74, 6) is 0. The molecule has 1 atom stereocenters. The molecule has 0 fully saturated rings. The Morgan fingerprint density at radius 2 is 1.71 bits per heavy atom. The van der Waals surface area contributed by atoms with Crippen molar-refractivity contribution in [2.45, 2.75) is 39.4 Å². The van der Waals surface area contributed by atoms with Gasteiger partial charge in [0.15, 0.2) is 0 Å².